The van der Waals surface area contributed by atoms with E-state index >= 15 is 0 Å². The number of carbonyl (C=O) groups excluding carboxylic acids is 1. The highest BCUT2D eigenvalue weighted by molar-refractivity contribution is 7.86. The normalized spacial score (nSPS) is 35.5. The van der Waals surface area contributed by atoms with Crippen LogP contribution in [-0.4, -0.2) is 71.4 Å². The average molecular weight is 438 g/mol. The summed E-state index contributed by atoms with van der Waals surface area (Å²) in [7, 11) is -3.52. The highest BCUT2D eigenvalue weighted by Crippen LogP contribution is 2.41. The summed E-state index contributed by atoms with van der Waals surface area (Å²) >= 11 is 0. The first-order valence-corrected chi connectivity index (χ1v) is 12.5. The zero-order valence-electron chi connectivity index (χ0n) is 17.6. The maximum absolute atomic E-state index is 13.5. The van der Waals surface area contributed by atoms with Crippen LogP contribution in [0.3, 0.4) is 0 Å². The summed E-state index contributed by atoms with van der Waals surface area (Å²) in [5.74, 6) is 0.981. The monoisotopic (exact) mass is 437 g/mol. The van der Waals surface area contributed by atoms with E-state index in [1.807, 2.05) is 13.8 Å². The van der Waals surface area contributed by atoms with Crippen molar-refractivity contribution in [2.45, 2.75) is 88.5 Å². The molecule has 4 heterocycles. The number of aromatic nitrogens is 1. The van der Waals surface area contributed by atoms with E-state index < -0.39 is 10.2 Å². The Kier molecular flexibility index (Phi) is 5.16. The third-order valence-electron chi connectivity index (χ3n) is 7.01. The van der Waals surface area contributed by atoms with Crippen LogP contribution in [0.1, 0.15) is 74.5 Å². The number of nitrogens with one attached hydrogen (secondary N) is 2. The van der Waals surface area contributed by atoms with Gasteiger partial charge in [-0.3, -0.25) is 4.79 Å². The molecule has 5 atom stereocenters. The number of hydrogen-bond donors (Lipinski definition) is 2. The fraction of sp³-hybridized carbons (Fsp3) is 0.800. The second-order valence-corrected chi connectivity index (χ2v) is 11.3. The Morgan fingerprint density at radius 1 is 1.20 bits per heavy atom. The quantitative estimate of drug-likeness (QED) is 0.717. The highest BCUT2D eigenvalue weighted by Gasteiger charge is 2.50. The molecule has 10 heteroatoms. The molecule has 0 radical (unpaired) electrons. The predicted molar refractivity (Wildman–Crippen MR) is 110 cm³/mol. The van der Waals surface area contributed by atoms with Crippen LogP contribution in [0.5, 0.6) is 0 Å². The van der Waals surface area contributed by atoms with E-state index in [9.17, 15) is 13.2 Å². The number of piperazine rings is 1. The molecular weight excluding hydrogens is 406 g/mol. The van der Waals surface area contributed by atoms with Crippen LogP contribution in [0.4, 0.5) is 0 Å². The van der Waals surface area contributed by atoms with E-state index in [-0.39, 0.29) is 36.1 Å². The average Bonchev–Trinajstić information content (AvgIpc) is 3.36. The number of piperidine rings is 1. The summed E-state index contributed by atoms with van der Waals surface area (Å²) in [5, 5.41) is 10.3. The van der Waals surface area contributed by atoms with Crippen molar-refractivity contribution in [3.05, 3.63) is 17.5 Å². The molecule has 1 aliphatic carbocycles. The van der Waals surface area contributed by atoms with Crippen molar-refractivity contribution in [1.82, 2.24) is 24.4 Å². The molecule has 5 rings (SSSR count). The molecule has 4 fully saturated rings. The van der Waals surface area contributed by atoms with Crippen LogP contribution in [0.15, 0.2) is 10.6 Å². The fourth-order valence-corrected chi connectivity index (χ4v) is 7.60. The zero-order chi connectivity index (χ0) is 21.0. The second kappa shape index (κ2) is 7.58. The van der Waals surface area contributed by atoms with Crippen LogP contribution in [-0.2, 0) is 10.2 Å². The summed E-state index contributed by atoms with van der Waals surface area (Å²) in [6.07, 6.45) is 5.17. The molecule has 1 aromatic heterocycles. The van der Waals surface area contributed by atoms with E-state index in [4.69, 9.17) is 4.52 Å². The van der Waals surface area contributed by atoms with E-state index in [0.29, 0.717) is 37.5 Å². The van der Waals surface area contributed by atoms with Crippen molar-refractivity contribution in [2.75, 3.05) is 13.1 Å². The van der Waals surface area contributed by atoms with Gasteiger partial charge in [0.05, 0.1) is 0 Å². The minimum Gasteiger partial charge on any atom is -0.360 e. The van der Waals surface area contributed by atoms with Gasteiger partial charge in [0, 0.05) is 55.3 Å². The molecule has 4 aliphatic rings. The Labute approximate surface area is 177 Å². The standard InChI is InChI=1S/C20H31N5O4S/c1-12-11-24(13(2)10-21-12)30(27,28)25-16-5-6-17(25)8-15(7-16)22-20(26)18-9-19(29-23-18)14-3-4-14/h9,12-17,21H,3-8,10-11H2,1-2H3,(H,22,26)/t12?,13?,15-,16+,17-. The number of carbonyl (C=O) groups is 1. The summed E-state index contributed by atoms with van der Waals surface area (Å²) in [6.45, 7) is 5.14. The van der Waals surface area contributed by atoms with E-state index in [0.717, 1.165) is 31.4 Å². The van der Waals surface area contributed by atoms with Gasteiger partial charge in [0.25, 0.3) is 16.1 Å². The lowest BCUT2D eigenvalue weighted by Gasteiger charge is -2.44. The lowest BCUT2D eigenvalue weighted by Crippen LogP contribution is -2.62. The van der Waals surface area contributed by atoms with Crippen molar-refractivity contribution >= 4 is 16.1 Å². The van der Waals surface area contributed by atoms with Crippen molar-refractivity contribution in [3.8, 4) is 0 Å². The summed E-state index contributed by atoms with van der Waals surface area (Å²) in [6, 6.07) is 1.67. The Hall–Kier alpha value is -1.49. The van der Waals surface area contributed by atoms with Crippen LogP contribution in [0.25, 0.3) is 0 Å². The second-order valence-electron chi connectivity index (χ2n) is 9.48. The van der Waals surface area contributed by atoms with Gasteiger partial charge in [-0.2, -0.15) is 17.0 Å². The molecular formula is C20H31N5O4S. The minimum atomic E-state index is -3.52. The molecule has 3 aliphatic heterocycles. The maximum Gasteiger partial charge on any atom is 0.282 e. The molecule has 9 nitrogen and oxygen atoms in total. The third kappa shape index (κ3) is 3.68. The smallest absolute Gasteiger partial charge is 0.282 e. The Bertz CT molecular complexity index is 900. The van der Waals surface area contributed by atoms with Gasteiger partial charge in [0.15, 0.2) is 5.69 Å². The Balaban J connectivity index is 1.25. The van der Waals surface area contributed by atoms with Crippen LogP contribution in [0, 0.1) is 0 Å². The number of nitrogens with zero attached hydrogens (tertiary/aromatic N) is 3. The molecule has 1 saturated carbocycles. The molecule has 0 spiro atoms. The van der Waals surface area contributed by atoms with Gasteiger partial charge in [-0.05, 0) is 52.4 Å². The van der Waals surface area contributed by atoms with E-state index in [1.54, 1.807) is 14.7 Å². The number of hydrogen-bond acceptors (Lipinski definition) is 6. The molecule has 2 unspecified atom stereocenters. The first-order chi connectivity index (χ1) is 14.3. The minimum absolute atomic E-state index is 0.0399. The van der Waals surface area contributed by atoms with Gasteiger partial charge in [-0.1, -0.05) is 5.16 Å². The van der Waals surface area contributed by atoms with Crippen LogP contribution < -0.4 is 10.6 Å². The van der Waals surface area contributed by atoms with Gasteiger partial charge < -0.3 is 15.2 Å². The number of fused-ring (bicyclic) bond motifs is 2. The molecule has 2 N–H and O–H groups in total. The predicted octanol–water partition coefficient (Wildman–Crippen LogP) is 1.20. The molecule has 0 aromatic carbocycles. The fourth-order valence-electron chi connectivity index (χ4n) is 5.28. The first-order valence-electron chi connectivity index (χ1n) is 11.1. The molecule has 1 amide bonds. The SMILES string of the molecule is CC1CN(S(=O)(=O)N2[C@@H]3CC[C@H]2C[C@@H](NC(=O)c2cc(C4CC4)on2)C3)C(C)CN1. The van der Waals surface area contributed by atoms with Crippen molar-refractivity contribution in [1.29, 1.82) is 0 Å². The molecule has 3 saturated heterocycles. The largest absolute Gasteiger partial charge is 0.360 e. The lowest BCUT2D eigenvalue weighted by molar-refractivity contribution is 0.0896. The van der Waals surface area contributed by atoms with Crippen LogP contribution in [0.2, 0.25) is 0 Å². The van der Waals surface area contributed by atoms with E-state index in [2.05, 4.69) is 15.8 Å². The third-order valence-corrected chi connectivity index (χ3v) is 9.24. The van der Waals surface area contributed by atoms with Crippen molar-refractivity contribution < 1.29 is 17.7 Å². The van der Waals surface area contributed by atoms with Gasteiger partial charge in [0.2, 0.25) is 0 Å². The molecule has 30 heavy (non-hydrogen) atoms. The van der Waals surface area contributed by atoms with E-state index in [1.165, 1.54) is 0 Å². The van der Waals surface area contributed by atoms with Crippen molar-refractivity contribution in [2.24, 2.45) is 0 Å². The number of amides is 1. The first kappa shape index (κ1) is 20.4. The molecule has 2 bridgehead atoms. The molecule has 166 valence electrons. The van der Waals surface area contributed by atoms with Gasteiger partial charge in [0.1, 0.15) is 5.76 Å². The zero-order valence-corrected chi connectivity index (χ0v) is 18.4. The van der Waals surface area contributed by atoms with Gasteiger partial charge >= 0.3 is 0 Å². The Morgan fingerprint density at radius 3 is 2.57 bits per heavy atom. The molecule has 1 aromatic rings. The Morgan fingerprint density at radius 2 is 1.90 bits per heavy atom. The number of rotatable bonds is 5. The summed E-state index contributed by atoms with van der Waals surface area (Å²) < 4.78 is 35.7. The van der Waals surface area contributed by atoms with Gasteiger partial charge in [-0.15, -0.1) is 0 Å². The summed E-state index contributed by atoms with van der Waals surface area (Å²) in [5.41, 5.74) is 0.322. The van der Waals surface area contributed by atoms with Crippen molar-refractivity contribution in [3.63, 3.8) is 0 Å². The summed E-state index contributed by atoms with van der Waals surface area (Å²) in [4.78, 5) is 12.6. The maximum atomic E-state index is 13.5. The van der Waals surface area contributed by atoms with Crippen LogP contribution >= 0.6 is 0 Å². The topological polar surface area (TPSA) is 108 Å². The lowest BCUT2D eigenvalue weighted by atomic mass is 9.99. The highest BCUT2D eigenvalue weighted by atomic mass is 32.2. The van der Waals surface area contributed by atoms with Gasteiger partial charge in [-0.25, -0.2) is 0 Å².